The van der Waals surface area contributed by atoms with Gasteiger partial charge in [0, 0.05) is 31.7 Å². The quantitative estimate of drug-likeness (QED) is 0.828. The van der Waals surface area contributed by atoms with Gasteiger partial charge in [0.2, 0.25) is 0 Å². The van der Waals surface area contributed by atoms with Crippen molar-refractivity contribution < 1.29 is 19.1 Å². The van der Waals surface area contributed by atoms with E-state index in [1.807, 2.05) is 13.0 Å². The average molecular weight is 362 g/mol. The van der Waals surface area contributed by atoms with Crippen molar-refractivity contribution in [3.05, 3.63) is 28.8 Å². The minimum atomic E-state index is -0.317. The number of ether oxygens (including phenoxy) is 2. The predicted molar refractivity (Wildman–Crippen MR) is 101 cm³/mol. The Morgan fingerprint density at radius 1 is 1.08 bits per heavy atom. The molecule has 144 valence electrons. The molecule has 0 bridgehead atoms. The second-order valence-electron chi connectivity index (χ2n) is 7.62. The van der Waals surface area contributed by atoms with E-state index in [9.17, 15) is 9.59 Å². The van der Waals surface area contributed by atoms with Crippen LogP contribution in [0.25, 0.3) is 0 Å². The van der Waals surface area contributed by atoms with Crippen LogP contribution in [0.1, 0.15) is 49.2 Å². The van der Waals surface area contributed by atoms with Crippen molar-refractivity contribution in [1.29, 1.82) is 0 Å². The highest BCUT2D eigenvalue weighted by Crippen LogP contribution is 2.35. The van der Waals surface area contributed by atoms with Crippen LogP contribution < -0.4 is 4.74 Å². The van der Waals surface area contributed by atoms with E-state index in [1.165, 1.54) is 0 Å². The lowest BCUT2D eigenvalue weighted by atomic mass is 9.84. The van der Waals surface area contributed by atoms with Crippen molar-refractivity contribution in [3.63, 3.8) is 0 Å². The fourth-order valence-corrected chi connectivity index (χ4v) is 3.19. The Bertz CT molecular complexity index is 671. The maximum Gasteiger partial charge on any atom is 0.409 e. The van der Waals surface area contributed by atoms with E-state index < -0.39 is 0 Å². The number of nitrogens with zero attached hydrogens (tertiary/aromatic N) is 2. The molecule has 0 unspecified atom stereocenters. The zero-order valence-electron chi connectivity index (χ0n) is 16.7. The van der Waals surface area contributed by atoms with Crippen molar-refractivity contribution in [2.24, 2.45) is 0 Å². The van der Waals surface area contributed by atoms with E-state index in [0.717, 1.165) is 11.1 Å². The summed E-state index contributed by atoms with van der Waals surface area (Å²) < 4.78 is 10.7. The molecule has 0 atom stereocenters. The number of hydrogen-bond acceptors (Lipinski definition) is 4. The van der Waals surface area contributed by atoms with E-state index in [1.54, 1.807) is 23.8 Å². The molecule has 1 heterocycles. The van der Waals surface area contributed by atoms with Gasteiger partial charge in [0.15, 0.2) is 0 Å². The Labute approximate surface area is 156 Å². The molecule has 6 heteroatoms. The summed E-state index contributed by atoms with van der Waals surface area (Å²) in [6, 6.07) is 3.96. The van der Waals surface area contributed by atoms with Crippen LogP contribution in [0.15, 0.2) is 12.1 Å². The first-order chi connectivity index (χ1) is 12.2. The van der Waals surface area contributed by atoms with Gasteiger partial charge >= 0.3 is 6.09 Å². The number of aryl methyl sites for hydroxylation is 1. The lowest BCUT2D eigenvalue weighted by Crippen LogP contribution is -2.50. The van der Waals surface area contributed by atoms with Crippen LogP contribution >= 0.6 is 0 Å². The van der Waals surface area contributed by atoms with Crippen LogP contribution in [0, 0.1) is 6.92 Å². The molecule has 1 aliphatic heterocycles. The van der Waals surface area contributed by atoms with Crippen LogP contribution in [0.3, 0.4) is 0 Å². The first-order valence-corrected chi connectivity index (χ1v) is 9.09. The van der Waals surface area contributed by atoms with Crippen LogP contribution in [0.5, 0.6) is 5.75 Å². The van der Waals surface area contributed by atoms with Crippen molar-refractivity contribution in [2.45, 2.75) is 40.0 Å². The SMILES string of the molecule is CCOC(=O)N1CCN(C(=O)c2cc(C)cc(C(C)(C)C)c2OC)CC1. The lowest BCUT2D eigenvalue weighted by molar-refractivity contribution is 0.0567. The maximum atomic E-state index is 13.1. The zero-order valence-corrected chi connectivity index (χ0v) is 16.7. The smallest absolute Gasteiger partial charge is 0.409 e. The summed E-state index contributed by atoms with van der Waals surface area (Å²) in [5, 5.41) is 0. The number of rotatable bonds is 3. The van der Waals surface area contributed by atoms with Crippen molar-refractivity contribution in [3.8, 4) is 5.75 Å². The molecular formula is C20H30N2O4. The summed E-state index contributed by atoms with van der Waals surface area (Å²) in [5.41, 5.74) is 2.51. The highest BCUT2D eigenvalue weighted by molar-refractivity contribution is 5.98. The Morgan fingerprint density at radius 3 is 2.15 bits per heavy atom. The third-order valence-corrected chi connectivity index (χ3v) is 4.57. The summed E-state index contributed by atoms with van der Waals surface area (Å²) in [7, 11) is 1.61. The van der Waals surface area contributed by atoms with Crippen molar-refractivity contribution in [1.82, 2.24) is 9.80 Å². The first-order valence-electron chi connectivity index (χ1n) is 9.09. The Morgan fingerprint density at radius 2 is 1.65 bits per heavy atom. The molecule has 0 spiro atoms. The molecule has 1 aliphatic rings. The molecule has 0 aliphatic carbocycles. The third-order valence-electron chi connectivity index (χ3n) is 4.57. The molecule has 26 heavy (non-hydrogen) atoms. The van der Waals surface area contributed by atoms with Crippen molar-refractivity contribution in [2.75, 3.05) is 39.9 Å². The Hall–Kier alpha value is -2.24. The fraction of sp³-hybridized carbons (Fsp3) is 0.600. The molecule has 0 aromatic heterocycles. The molecule has 1 aromatic rings. The number of benzene rings is 1. The molecule has 0 N–H and O–H groups in total. The minimum Gasteiger partial charge on any atom is -0.496 e. The predicted octanol–water partition coefficient (Wildman–Crippen LogP) is 3.22. The molecule has 1 saturated heterocycles. The Balaban J connectivity index is 2.23. The molecular weight excluding hydrogens is 332 g/mol. The van der Waals surface area contributed by atoms with Crippen LogP contribution in [-0.4, -0.2) is 61.7 Å². The number of amides is 2. The largest absolute Gasteiger partial charge is 0.496 e. The summed E-state index contributed by atoms with van der Waals surface area (Å²) >= 11 is 0. The van der Waals surface area contributed by atoms with E-state index in [0.29, 0.717) is 44.1 Å². The summed E-state index contributed by atoms with van der Waals surface area (Å²) in [4.78, 5) is 28.4. The van der Waals surface area contributed by atoms with Gasteiger partial charge in [0.1, 0.15) is 5.75 Å². The molecule has 0 radical (unpaired) electrons. The van der Waals surface area contributed by atoms with E-state index in [4.69, 9.17) is 9.47 Å². The molecule has 2 amide bonds. The summed E-state index contributed by atoms with van der Waals surface area (Å²) in [6.45, 7) is 12.4. The van der Waals surface area contributed by atoms with Gasteiger partial charge in [-0.15, -0.1) is 0 Å². The summed E-state index contributed by atoms with van der Waals surface area (Å²) in [5.74, 6) is 0.584. The van der Waals surface area contributed by atoms with Crippen LogP contribution in [0.2, 0.25) is 0 Å². The second kappa shape index (κ2) is 7.98. The maximum absolute atomic E-state index is 13.1. The third kappa shape index (κ3) is 4.29. The average Bonchev–Trinajstić information content (AvgIpc) is 2.60. The number of carbonyl (C=O) groups excluding carboxylic acids is 2. The van der Waals surface area contributed by atoms with Gasteiger partial charge in [-0.1, -0.05) is 26.8 Å². The number of carbonyl (C=O) groups is 2. The zero-order chi connectivity index (χ0) is 19.5. The van der Waals surface area contributed by atoms with Gasteiger partial charge in [0.05, 0.1) is 19.3 Å². The topological polar surface area (TPSA) is 59.1 Å². The van der Waals surface area contributed by atoms with Gasteiger partial charge in [-0.2, -0.15) is 0 Å². The van der Waals surface area contributed by atoms with Gasteiger partial charge in [-0.05, 0) is 30.9 Å². The van der Waals surface area contributed by atoms with Crippen LogP contribution in [-0.2, 0) is 10.2 Å². The molecule has 6 nitrogen and oxygen atoms in total. The highest BCUT2D eigenvalue weighted by Gasteiger charge is 2.30. The molecule has 2 rings (SSSR count). The van der Waals surface area contributed by atoms with Gasteiger partial charge < -0.3 is 19.3 Å². The van der Waals surface area contributed by atoms with E-state index >= 15 is 0 Å². The van der Waals surface area contributed by atoms with Gasteiger partial charge in [-0.3, -0.25) is 4.79 Å². The van der Waals surface area contributed by atoms with Gasteiger partial charge in [0.25, 0.3) is 5.91 Å². The lowest BCUT2D eigenvalue weighted by Gasteiger charge is -2.34. The molecule has 0 saturated carbocycles. The minimum absolute atomic E-state index is 0.0560. The number of piperazine rings is 1. The monoisotopic (exact) mass is 362 g/mol. The van der Waals surface area contributed by atoms with E-state index in [-0.39, 0.29) is 17.4 Å². The van der Waals surface area contributed by atoms with Crippen molar-refractivity contribution >= 4 is 12.0 Å². The normalized spacial score (nSPS) is 15.0. The fourth-order valence-electron chi connectivity index (χ4n) is 3.19. The second-order valence-corrected chi connectivity index (χ2v) is 7.62. The molecule has 1 aromatic carbocycles. The molecule has 1 fully saturated rings. The summed E-state index contributed by atoms with van der Waals surface area (Å²) in [6.07, 6.45) is -0.317. The first kappa shape index (κ1) is 20.1. The van der Waals surface area contributed by atoms with Crippen LogP contribution in [0.4, 0.5) is 4.79 Å². The number of hydrogen-bond donors (Lipinski definition) is 0. The standard InChI is InChI=1S/C20H30N2O4/c1-7-26-19(24)22-10-8-21(9-11-22)18(23)15-12-14(2)13-16(17(15)25-6)20(3,4)5/h12-13H,7-11H2,1-6H3. The highest BCUT2D eigenvalue weighted by atomic mass is 16.6. The van der Waals surface area contributed by atoms with E-state index in [2.05, 4.69) is 26.8 Å². The number of methoxy groups -OCH3 is 1. The van der Waals surface area contributed by atoms with Gasteiger partial charge in [-0.25, -0.2) is 4.79 Å². The Kier molecular flexibility index (Phi) is 6.16.